The summed E-state index contributed by atoms with van der Waals surface area (Å²) >= 11 is 6.36. The molecule has 8 nitrogen and oxygen atoms in total. The van der Waals surface area contributed by atoms with Crippen molar-refractivity contribution in [3.05, 3.63) is 87.9 Å². The van der Waals surface area contributed by atoms with Crippen LogP contribution in [-0.2, 0) is 9.59 Å². The first-order valence-electron chi connectivity index (χ1n) is 11.8. The van der Waals surface area contributed by atoms with E-state index in [2.05, 4.69) is 0 Å². The van der Waals surface area contributed by atoms with Crippen LogP contribution in [0.3, 0.4) is 0 Å². The summed E-state index contributed by atoms with van der Waals surface area (Å²) in [5.74, 6) is 0.0613. The van der Waals surface area contributed by atoms with Crippen molar-refractivity contribution in [3.8, 4) is 23.0 Å². The minimum absolute atomic E-state index is 0.0762. The molecule has 0 radical (unpaired) electrons. The first kappa shape index (κ1) is 26.9. The second-order valence-corrected chi connectivity index (χ2v) is 9.03. The summed E-state index contributed by atoms with van der Waals surface area (Å²) in [6.07, 6.45) is 0. The third kappa shape index (κ3) is 5.26. The van der Waals surface area contributed by atoms with Crippen LogP contribution in [0.2, 0.25) is 5.02 Å². The minimum Gasteiger partial charge on any atom is -0.507 e. The zero-order valence-electron chi connectivity index (χ0n) is 21.5. The van der Waals surface area contributed by atoms with Crippen LogP contribution in [-0.4, -0.2) is 56.2 Å². The molecule has 0 aliphatic carbocycles. The summed E-state index contributed by atoms with van der Waals surface area (Å²) in [4.78, 5) is 28.0. The molecule has 1 saturated heterocycles. The zero-order chi connectivity index (χ0) is 27.4. The number of aliphatic hydroxyl groups is 1. The van der Waals surface area contributed by atoms with Crippen molar-refractivity contribution < 1.29 is 33.6 Å². The number of carbonyl (C=O) groups is 2. The number of benzene rings is 3. The summed E-state index contributed by atoms with van der Waals surface area (Å²) in [7, 11) is 4.52. The summed E-state index contributed by atoms with van der Waals surface area (Å²) in [6.45, 7) is 2.00. The number of hydrogen-bond acceptors (Lipinski definition) is 7. The van der Waals surface area contributed by atoms with E-state index in [1.165, 1.54) is 19.1 Å². The van der Waals surface area contributed by atoms with Gasteiger partial charge < -0.3 is 29.0 Å². The lowest BCUT2D eigenvalue weighted by Gasteiger charge is -2.26. The van der Waals surface area contributed by atoms with Crippen molar-refractivity contribution in [2.45, 2.75) is 13.0 Å². The molecule has 9 heteroatoms. The van der Waals surface area contributed by atoms with Crippen LogP contribution < -0.4 is 18.9 Å². The molecule has 0 saturated carbocycles. The summed E-state index contributed by atoms with van der Waals surface area (Å²) in [5.41, 5.74) is 1.48. The summed E-state index contributed by atoms with van der Waals surface area (Å²) in [6, 6.07) is 16.5. The number of Topliss-reactive ketones (excluding diaryl/α,β-unsaturated/α-hetero) is 1. The first-order chi connectivity index (χ1) is 18.3. The van der Waals surface area contributed by atoms with E-state index in [-0.39, 0.29) is 40.8 Å². The van der Waals surface area contributed by atoms with Crippen LogP contribution in [0.5, 0.6) is 23.0 Å². The topological polar surface area (TPSA) is 94.5 Å². The number of rotatable bonds is 9. The molecule has 0 spiro atoms. The average molecular weight is 538 g/mol. The molecule has 1 fully saturated rings. The highest BCUT2D eigenvalue weighted by Crippen LogP contribution is 2.43. The summed E-state index contributed by atoms with van der Waals surface area (Å²) in [5, 5.41) is 11.7. The van der Waals surface area contributed by atoms with Gasteiger partial charge in [-0.2, -0.15) is 0 Å². The van der Waals surface area contributed by atoms with Gasteiger partial charge in [-0.3, -0.25) is 9.59 Å². The number of aryl methyl sites for hydroxylation is 1. The van der Waals surface area contributed by atoms with E-state index in [0.717, 1.165) is 5.56 Å². The molecule has 1 amide bonds. The fourth-order valence-corrected chi connectivity index (χ4v) is 4.81. The van der Waals surface area contributed by atoms with Gasteiger partial charge in [-0.25, -0.2) is 0 Å². The normalized spacial score (nSPS) is 16.4. The van der Waals surface area contributed by atoms with Crippen molar-refractivity contribution in [1.29, 1.82) is 0 Å². The third-order valence-electron chi connectivity index (χ3n) is 6.26. The maximum atomic E-state index is 13.4. The Kier molecular flexibility index (Phi) is 8.12. The Labute approximate surface area is 225 Å². The first-order valence-corrected chi connectivity index (χ1v) is 12.2. The number of amides is 1. The molecule has 0 aromatic heterocycles. The molecular formula is C29H28ClNO7. The smallest absolute Gasteiger partial charge is 0.295 e. The Balaban J connectivity index is 1.76. The van der Waals surface area contributed by atoms with Gasteiger partial charge in [0.25, 0.3) is 11.7 Å². The molecule has 3 aromatic carbocycles. The molecule has 1 aliphatic heterocycles. The van der Waals surface area contributed by atoms with Crippen LogP contribution in [0.4, 0.5) is 0 Å². The number of ketones is 1. The Morgan fingerprint density at radius 1 is 0.921 bits per heavy atom. The van der Waals surface area contributed by atoms with Gasteiger partial charge in [0.2, 0.25) is 0 Å². The Morgan fingerprint density at radius 3 is 2.26 bits per heavy atom. The molecule has 198 valence electrons. The van der Waals surface area contributed by atoms with Crippen LogP contribution in [0.1, 0.15) is 22.7 Å². The predicted octanol–water partition coefficient (Wildman–Crippen LogP) is 5.17. The maximum absolute atomic E-state index is 13.4. The molecular weight excluding hydrogens is 510 g/mol. The van der Waals surface area contributed by atoms with Crippen molar-refractivity contribution in [2.75, 3.05) is 34.5 Å². The maximum Gasteiger partial charge on any atom is 0.295 e. The quantitative estimate of drug-likeness (QED) is 0.228. The van der Waals surface area contributed by atoms with E-state index in [1.807, 2.05) is 0 Å². The highest BCUT2D eigenvalue weighted by molar-refractivity contribution is 6.46. The molecule has 1 N–H and O–H groups in total. The van der Waals surface area contributed by atoms with E-state index in [9.17, 15) is 14.7 Å². The number of carbonyl (C=O) groups excluding carboxylic acids is 2. The molecule has 1 unspecified atom stereocenters. The minimum atomic E-state index is -0.895. The zero-order valence-corrected chi connectivity index (χ0v) is 22.2. The van der Waals surface area contributed by atoms with Crippen LogP contribution in [0.25, 0.3) is 5.76 Å². The molecule has 1 atom stereocenters. The number of nitrogens with zero attached hydrogens (tertiary/aromatic N) is 1. The number of hydrogen-bond donors (Lipinski definition) is 1. The van der Waals surface area contributed by atoms with E-state index < -0.39 is 17.7 Å². The number of ether oxygens (including phenoxy) is 4. The fraction of sp³-hybridized carbons (Fsp3) is 0.241. The molecule has 4 rings (SSSR count). The molecule has 1 heterocycles. The van der Waals surface area contributed by atoms with Gasteiger partial charge in [0.1, 0.15) is 35.4 Å². The predicted molar refractivity (Wildman–Crippen MR) is 143 cm³/mol. The van der Waals surface area contributed by atoms with Crippen molar-refractivity contribution in [1.82, 2.24) is 4.90 Å². The number of halogens is 1. The Morgan fingerprint density at radius 2 is 1.61 bits per heavy atom. The van der Waals surface area contributed by atoms with Gasteiger partial charge in [0.15, 0.2) is 0 Å². The largest absolute Gasteiger partial charge is 0.507 e. The lowest BCUT2D eigenvalue weighted by molar-refractivity contribution is -0.140. The molecule has 38 heavy (non-hydrogen) atoms. The van der Waals surface area contributed by atoms with E-state index >= 15 is 0 Å². The van der Waals surface area contributed by atoms with E-state index in [1.54, 1.807) is 74.7 Å². The Bertz CT molecular complexity index is 1380. The van der Waals surface area contributed by atoms with Gasteiger partial charge in [-0.05, 0) is 66.6 Å². The molecule has 0 bridgehead atoms. The third-order valence-corrected chi connectivity index (χ3v) is 6.54. The van der Waals surface area contributed by atoms with Crippen LogP contribution >= 0.6 is 11.6 Å². The van der Waals surface area contributed by atoms with Gasteiger partial charge in [0, 0.05) is 0 Å². The second kappa shape index (κ2) is 11.5. The highest BCUT2D eigenvalue weighted by atomic mass is 35.5. The number of aliphatic hydroxyl groups excluding tert-OH is 1. The van der Waals surface area contributed by atoms with Gasteiger partial charge in [0.05, 0.1) is 50.1 Å². The van der Waals surface area contributed by atoms with Crippen molar-refractivity contribution in [2.24, 2.45) is 0 Å². The summed E-state index contributed by atoms with van der Waals surface area (Å²) < 4.78 is 21.8. The standard InChI is InChI=1S/C29H28ClNO7/c1-17-14-22(28(37-4)23(30)15-17)26(32)24-25(18-6-5-7-21(16-18)36-3)31(29(34)27(24)33)12-13-38-20-10-8-19(35-2)9-11-20/h5-11,14-16,25,32H,12-13H2,1-4H3/b26-24+. The fourth-order valence-electron chi connectivity index (χ4n) is 4.46. The SMILES string of the molecule is COc1ccc(OCCN2C(=O)C(=O)/C(=C(/O)c3cc(C)cc(Cl)c3OC)C2c2cccc(OC)c2)cc1. The van der Waals surface area contributed by atoms with E-state index in [4.69, 9.17) is 30.5 Å². The van der Waals surface area contributed by atoms with Crippen molar-refractivity contribution in [3.63, 3.8) is 0 Å². The van der Waals surface area contributed by atoms with Crippen LogP contribution in [0.15, 0.2) is 66.2 Å². The second-order valence-electron chi connectivity index (χ2n) is 8.62. The van der Waals surface area contributed by atoms with Gasteiger partial charge in [-0.1, -0.05) is 23.7 Å². The monoisotopic (exact) mass is 537 g/mol. The number of likely N-dealkylation sites (tertiary alicyclic amines) is 1. The average Bonchev–Trinajstić information content (AvgIpc) is 3.17. The highest BCUT2D eigenvalue weighted by Gasteiger charge is 2.46. The van der Waals surface area contributed by atoms with E-state index in [0.29, 0.717) is 22.8 Å². The van der Waals surface area contributed by atoms with Gasteiger partial charge in [-0.15, -0.1) is 0 Å². The van der Waals surface area contributed by atoms with Gasteiger partial charge >= 0.3 is 0 Å². The lowest BCUT2D eigenvalue weighted by Crippen LogP contribution is -2.33. The molecule has 1 aliphatic rings. The Hall–Kier alpha value is -4.17. The molecule has 3 aromatic rings. The number of methoxy groups -OCH3 is 3. The lowest BCUT2D eigenvalue weighted by atomic mass is 9.94. The van der Waals surface area contributed by atoms with Crippen LogP contribution in [0, 0.1) is 6.92 Å². The van der Waals surface area contributed by atoms with Crippen molar-refractivity contribution >= 4 is 29.1 Å².